The molecule has 0 spiro atoms. The van der Waals surface area contributed by atoms with Crippen molar-refractivity contribution in [2.24, 2.45) is 0 Å². The molecule has 0 aliphatic rings. The largest absolute Gasteiger partial charge is 0.480 e. The minimum Gasteiger partial charge on any atom is -0.480 e. The van der Waals surface area contributed by atoms with Gasteiger partial charge >= 0.3 is 5.97 Å². The highest BCUT2D eigenvalue weighted by Crippen LogP contribution is 2.07. The maximum absolute atomic E-state index is 11.3. The molecule has 0 aromatic rings. The standard InChI is InChI=1S/C11H21NO3S/c1-3-5-7-16-8-9(11(14)15)12-10(13)6-4-2/h9H,3-8H2,1-2H3,(H,12,13)(H,14,15). The van der Waals surface area contributed by atoms with E-state index in [0.29, 0.717) is 12.2 Å². The molecule has 0 radical (unpaired) electrons. The molecule has 0 bridgehead atoms. The first-order chi connectivity index (χ1) is 7.61. The van der Waals surface area contributed by atoms with Crippen molar-refractivity contribution in [2.75, 3.05) is 11.5 Å². The van der Waals surface area contributed by atoms with Crippen molar-refractivity contribution in [1.82, 2.24) is 5.32 Å². The van der Waals surface area contributed by atoms with Crippen LogP contribution < -0.4 is 5.32 Å². The number of carbonyl (C=O) groups is 2. The summed E-state index contributed by atoms with van der Waals surface area (Å²) in [6, 6.07) is -0.749. The zero-order valence-electron chi connectivity index (χ0n) is 9.99. The van der Waals surface area contributed by atoms with Gasteiger partial charge in [0.15, 0.2) is 0 Å². The number of hydrogen-bond acceptors (Lipinski definition) is 3. The normalized spacial score (nSPS) is 12.1. The highest BCUT2D eigenvalue weighted by molar-refractivity contribution is 7.99. The maximum Gasteiger partial charge on any atom is 0.327 e. The number of unbranched alkanes of at least 4 members (excludes halogenated alkanes) is 1. The zero-order chi connectivity index (χ0) is 12.4. The molecule has 1 amide bonds. The van der Waals surface area contributed by atoms with Crippen molar-refractivity contribution in [2.45, 2.75) is 45.6 Å². The van der Waals surface area contributed by atoms with Gasteiger partial charge < -0.3 is 10.4 Å². The van der Waals surface area contributed by atoms with Gasteiger partial charge in [-0.1, -0.05) is 20.3 Å². The van der Waals surface area contributed by atoms with Crippen molar-refractivity contribution in [3.8, 4) is 0 Å². The van der Waals surface area contributed by atoms with Crippen LogP contribution in [0.25, 0.3) is 0 Å². The Kier molecular flexibility index (Phi) is 9.09. The van der Waals surface area contributed by atoms with Crippen LogP contribution in [0.1, 0.15) is 39.5 Å². The van der Waals surface area contributed by atoms with Crippen molar-refractivity contribution >= 4 is 23.6 Å². The van der Waals surface area contributed by atoms with Crippen molar-refractivity contribution in [1.29, 1.82) is 0 Å². The Balaban J connectivity index is 3.88. The average Bonchev–Trinajstić information content (AvgIpc) is 2.22. The van der Waals surface area contributed by atoms with Crippen LogP contribution in [-0.4, -0.2) is 34.5 Å². The lowest BCUT2D eigenvalue weighted by molar-refractivity contribution is -0.141. The summed E-state index contributed by atoms with van der Waals surface area (Å²) in [4.78, 5) is 22.1. The first-order valence-corrected chi connectivity index (χ1v) is 6.87. The van der Waals surface area contributed by atoms with Crippen molar-refractivity contribution in [3.63, 3.8) is 0 Å². The van der Waals surface area contributed by atoms with Gasteiger partial charge in [-0.15, -0.1) is 0 Å². The van der Waals surface area contributed by atoms with Gasteiger partial charge in [0.05, 0.1) is 0 Å². The van der Waals surface area contributed by atoms with E-state index in [1.54, 1.807) is 11.8 Å². The van der Waals surface area contributed by atoms with Crippen LogP contribution in [0.5, 0.6) is 0 Å². The van der Waals surface area contributed by atoms with E-state index in [9.17, 15) is 9.59 Å². The summed E-state index contributed by atoms with van der Waals surface area (Å²) in [7, 11) is 0. The molecule has 0 aliphatic carbocycles. The molecule has 16 heavy (non-hydrogen) atoms. The molecule has 0 saturated carbocycles. The maximum atomic E-state index is 11.3. The number of thioether (sulfide) groups is 1. The van der Waals surface area contributed by atoms with Gasteiger partial charge in [0, 0.05) is 12.2 Å². The third-order valence-electron chi connectivity index (χ3n) is 2.04. The summed E-state index contributed by atoms with van der Waals surface area (Å²) in [6.07, 6.45) is 3.32. The predicted octanol–water partition coefficient (Wildman–Crippen LogP) is 1.89. The molecule has 0 heterocycles. The average molecular weight is 247 g/mol. The Hall–Kier alpha value is -0.710. The van der Waals surface area contributed by atoms with Gasteiger partial charge in [-0.3, -0.25) is 4.79 Å². The Morgan fingerprint density at radius 3 is 2.50 bits per heavy atom. The van der Waals surface area contributed by atoms with Crippen LogP contribution in [0.3, 0.4) is 0 Å². The number of aliphatic carboxylic acids is 1. The quantitative estimate of drug-likeness (QED) is 0.611. The highest BCUT2D eigenvalue weighted by atomic mass is 32.2. The first-order valence-electron chi connectivity index (χ1n) is 5.71. The Labute approximate surface area is 101 Å². The monoisotopic (exact) mass is 247 g/mol. The fourth-order valence-corrected chi connectivity index (χ4v) is 2.24. The van der Waals surface area contributed by atoms with Crippen LogP contribution in [0, 0.1) is 0 Å². The fraction of sp³-hybridized carbons (Fsp3) is 0.818. The molecule has 2 N–H and O–H groups in total. The number of hydrogen-bond donors (Lipinski definition) is 2. The molecule has 0 rings (SSSR count). The number of rotatable bonds is 9. The van der Waals surface area contributed by atoms with Crippen LogP contribution in [0.4, 0.5) is 0 Å². The lowest BCUT2D eigenvalue weighted by Gasteiger charge is -2.13. The third kappa shape index (κ3) is 7.56. The van der Waals surface area contributed by atoms with E-state index < -0.39 is 12.0 Å². The molecular weight excluding hydrogens is 226 g/mol. The molecule has 0 saturated heterocycles. The SMILES string of the molecule is CCCCSCC(NC(=O)CCC)C(=O)O. The fourth-order valence-electron chi connectivity index (χ4n) is 1.12. The summed E-state index contributed by atoms with van der Waals surface area (Å²) in [6.45, 7) is 3.99. The Morgan fingerprint density at radius 1 is 1.31 bits per heavy atom. The van der Waals surface area contributed by atoms with Crippen LogP contribution in [-0.2, 0) is 9.59 Å². The lowest BCUT2D eigenvalue weighted by atomic mass is 10.3. The van der Waals surface area contributed by atoms with E-state index in [1.807, 2.05) is 6.92 Å². The smallest absolute Gasteiger partial charge is 0.327 e. The molecule has 0 fully saturated rings. The van der Waals surface area contributed by atoms with Gasteiger partial charge in [-0.05, 0) is 18.6 Å². The molecule has 0 aromatic heterocycles. The van der Waals surface area contributed by atoms with E-state index in [2.05, 4.69) is 12.2 Å². The summed E-state index contributed by atoms with van der Waals surface area (Å²) < 4.78 is 0. The van der Waals surface area contributed by atoms with Crippen LogP contribution in [0.15, 0.2) is 0 Å². The van der Waals surface area contributed by atoms with Crippen molar-refractivity contribution in [3.05, 3.63) is 0 Å². The molecule has 94 valence electrons. The molecule has 4 nitrogen and oxygen atoms in total. The van der Waals surface area contributed by atoms with Gasteiger partial charge in [0.1, 0.15) is 6.04 Å². The van der Waals surface area contributed by atoms with Gasteiger partial charge in [-0.2, -0.15) is 11.8 Å². The Bertz CT molecular complexity index is 221. The number of amides is 1. The Morgan fingerprint density at radius 2 is 2.00 bits per heavy atom. The zero-order valence-corrected chi connectivity index (χ0v) is 10.8. The van der Waals surface area contributed by atoms with E-state index in [4.69, 9.17) is 5.11 Å². The van der Waals surface area contributed by atoms with E-state index in [0.717, 1.165) is 25.0 Å². The second kappa shape index (κ2) is 9.51. The van der Waals surface area contributed by atoms with E-state index in [1.165, 1.54) is 0 Å². The molecule has 5 heteroatoms. The van der Waals surface area contributed by atoms with Gasteiger partial charge in [0.25, 0.3) is 0 Å². The lowest BCUT2D eigenvalue weighted by Crippen LogP contribution is -2.42. The highest BCUT2D eigenvalue weighted by Gasteiger charge is 2.18. The third-order valence-corrected chi connectivity index (χ3v) is 3.18. The van der Waals surface area contributed by atoms with Crippen molar-refractivity contribution < 1.29 is 14.7 Å². The van der Waals surface area contributed by atoms with E-state index in [-0.39, 0.29) is 5.91 Å². The summed E-state index contributed by atoms with van der Waals surface area (Å²) in [5.74, 6) is 0.272. The molecule has 0 aliphatic heterocycles. The van der Waals surface area contributed by atoms with Gasteiger partial charge in [-0.25, -0.2) is 4.79 Å². The molecule has 0 aromatic carbocycles. The predicted molar refractivity (Wildman–Crippen MR) is 66.7 cm³/mol. The molecule has 1 unspecified atom stereocenters. The van der Waals surface area contributed by atoms with Gasteiger partial charge in [0.2, 0.25) is 5.91 Å². The van der Waals surface area contributed by atoms with Crippen LogP contribution >= 0.6 is 11.8 Å². The number of carboxylic acids is 1. The second-order valence-corrected chi connectivity index (χ2v) is 4.79. The number of carboxylic acid groups (broad SMARTS) is 1. The minimum absolute atomic E-state index is 0.175. The minimum atomic E-state index is -0.951. The number of nitrogens with one attached hydrogen (secondary N) is 1. The first kappa shape index (κ1) is 15.3. The molecule has 1 atom stereocenters. The number of carbonyl (C=O) groups excluding carboxylic acids is 1. The topological polar surface area (TPSA) is 66.4 Å². The second-order valence-electron chi connectivity index (χ2n) is 3.64. The summed E-state index contributed by atoms with van der Waals surface area (Å²) in [5, 5.41) is 11.5. The summed E-state index contributed by atoms with van der Waals surface area (Å²) in [5.41, 5.74) is 0. The molecular formula is C11H21NO3S. The van der Waals surface area contributed by atoms with E-state index >= 15 is 0 Å². The van der Waals surface area contributed by atoms with Crippen LogP contribution in [0.2, 0.25) is 0 Å². The summed E-state index contributed by atoms with van der Waals surface area (Å²) >= 11 is 1.58.